The second-order valence-corrected chi connectivity index (χ2v) is 7.44. The maximum atomic E-state index is 12.7. The van der Waals surface area contributed by atoms with Gasteiger partial charge in [0.2, 0.25) is 5.91 Å². The van der Waals surface area contributed by atoms with Gasteiger partial charge in [-0.15, -0.1) is 0 Å². The summed E-state index contributed by atoms with van der Waals surface area (Å²) in [6.07, 6.45) is 3.95. The zero-order valence-corrected chi connectivity index (χ0v) is 16.4. The summed E-state index contributed by atoms with van der Waals surface area (Å²) < 4.78 is 11.6. The minimum absolute atomic E-state index is 0.0437. The lowest BCUT2D eigenvalue weighted by Crippen LogP contribution is -2.33. The van der Waals surface area contributed by atoms with Crippen molar-refractivity contribution in [2.75, 3.05) is 31.6 Å². The van der Waals surface area contributed by atoms with Crippen molar-refractivity contribution >= 4 is 11.6 Å². The molecule has 0 bridgehead atoms. The van der Waals surface area contributed by atoms with Gasteiger partial charge in [-0.05, 0) is 55.1 Å². The minimum Gasteiger partial charge on any atom is -0.490 e. The third kappa shape index (κ3) is 4.14. The quantitative estimate of drug-likeness (QED) is 0.845. The third-order valence-corrected chi connectivity index (χ3v) is 5.54. The molecule has 5 heteroatoms. The van der Waals surface area contributed by atoms with Crippen LogP contribution in [0, 0.1) is 0 Å². The zero-order chi connectivity index (χ0) is 19.3. The molecule has 2 heterocycles. The van der Waals surface area contributed by atoms with E-state index >= 15 is 0 Å². The predicted molar refractivity (Wildman–Crippen MR) is 110 cm³/mol. The molecule has 1 N–H and O–H groups in total. The van der Waals surface area contributed by atoms with Gasteiger partial charge < -0.3 is 14.8 Å². The highest BCUT2D eigenvalue weighted by Crippen LogP contribution is 2.37. The Morgan fingerprint density at radius 2 is 1.93 bits per heavy atom. The summed E-state index contributed by atoms with van der Waals surface area (Å²) in [5.41, 5.74) is 3.28. The van der Waals surface area contributed by atoms with Crippen LogP contribution in [0.3, 0.4) is 0 Å². The Hall–Kier alpha value is -2.53. The molecule has 2 aromatic carbocycles. The van der Waals surface area contributed by atoms with Gasteiger partial charge in [0, 0.05) is 18.2 Å². The summed E-state index contributed by atoms with van der Waals surface area (Å²) >= 11 is 0. The number of benzene rings is 2. The van der Waals surface area contributed by atoms with Crippen LogP contribution in [-0.2, 0) is 11.2 Å². The van der Waals surface area contributed by atoms with Crippen LogP contribution in [0.25, 0.3) is 0 Å². The summed E-state index contributed by atoms with van der Waals surface area (Å²) in [5.74, 6) is 1.69. The van der Waals surface area contributed by atoms with Crippen LogP contribution < -0.4 is 14.8 Å². The van der Waals surface area contributed by atoms with Crippen molar-refractivity contribution in [3.05, 3.63) is 53.6 Å². The van der Waals surface area contributed by atoms with Gasteiger partial charge in [0.15, 0.2) is 11.5 Å². The molecule has 0 aromatic heterocycles. The molecule has 1 saturated heterocycles. The number of hydrogen-bond acceptors (Lipinski definition) is 4. The number of amides is 1. The highest BCUT2D eigenvalue weighted by molar-refractivity contribution is 5.93. The summed E-state index contributed by atoms with van der Waals surface area (Å²) in [5, 5.41) is 3.09. The van der Waals surface area contributed by atoms with Crippen LogP contribution in [-0.4, -0.2) is 37.1 Å². The first-order chi connectivity index (χ1) is 13.7. The fraction of sp³-hybridized carbons (Fsp3) is 0.435. The lowest BCUT2D eigenvalue weighted by molar-refractivity contribution is -0.117. The highest BCUT2D eigenvalue weighted by Gasteiger charge is 2.28. The number of anilines is 1. The second-order valence-electron chi connectivity index (χ2n) is 7.44. The van der Waals surface area contributed by atoms with E-state index in [1.165, 1.54) is 5.56 Å². The Morgan fingerprint density at radius 3 is 2.79 bits per heavy atom. The Morgan fingerprint density at radius 1 is 1.11 bits per heavy atom. The summed E-state index contributed by atoms with van der Waals surface area (Å²) in [6, 6.07) is 14.5. The largest absolute Gasteiger partial charge is 0.490 e. The van der Waals surface area contributed by atoms with Crippen LogP contribution in [0.1, 0.15) is 43.4 Å². The number of carbonyl (C=O) groups is 1. The van der Waals surface area contributed by atoms with Gasteiger partial charge in [-0.25, -0.2) is 0 Å². The summed E-state index contributed by atoms with van der Waals surface area (Å²) in [4.78, 5) is 15.0. The summed E-state index contributed by atoms with van der Waals surface area (Å²) in [6.45, 7) is 4.82. The van der Waals surface area contributed by atoms with Gasteiger partial charge in [0.25, 0.3) is 0 Å². The van der Waals surface area contributed by atoms with E-state index in [1.807, 2.05) is 24.3 Å². The zero-order valence-electron chi connectivity index (χ0n) is 16.4. The van der Waals surface area contributed by atoms with Gasteiger partial charge in [0.1, 0.15) is 0 Å². The number of carbonyl (C=O) groups excluding carboxylic acids is 1. The second kappa shape index (κ2) is 8.65. The van der Waals surface area contributed by atoms with Crippen LogP contribution >= 0.6 is 0 Å². The van der Waals surface area contributed by atoms with E-state index in [0.29, 0.717) is 19.8 Å². The molecule has 28 heavy (non-hydrogen) atoms. The summed E-state index contributed by atoms with van der Waals surface area (Å²) in [7, 11) is 0. The van der Waals surface area contributed by atoms with E-state index in [-0.39, 0.29) is 11.9 Å². The predicted octanol–water partition coefficient (Wildman–Crippen LogP) is 4.19. The molecule has 0 aliphatic carbocycles. The van der Waals surface area contributed by atoms with Crippen molar-refractivity contribution < 1.29 is 14.3 Å². The standard InChI is InChI=1S/C23H28N2O3/c1-2-17-7-3-4-8-19(17)24-23(26)16-25-12-5-9-20(25)18-10-11-21-22(15-18)28-14-6-13-27-21/h3-4,7-8,10-11,15,20H,2,5-6,9,12-14,16H2,1H3,(H,24,26)/t20-/m0/s1. The normalized spacial score (nSPS) is 19.2. The number of fused-ring (bicyclic) bond motifs is 1. The molecule has 2 aromatic rings. The number of ether oxygens (including phenoxy) is 2. The van der Waals surface area contributed by atoms with Crippen molar-refractivity contribution in [2.24, 2.45) is 0 Å². The molecule has 0 radical (unpaired) electrons. The van der Waals surface area contributed by atoms with Gasteiger partial charge in [0.05, 0.1) is 19.8 Å². The number of aryl methyl sites for hydroxylation is 1. The maximum absolute atomic E-state index is 12.7. The van der Waals surface area contributed by atoms with Gasteiger partial charge in [-0.1, -0.05) is 31.2 Å². The average Bonchev–Trinajstić information content (AvgIpc) is 3.03. The van der Waals surface area contributed by atoms with Crippen LogP contribution in [0.4, 0.5) is 5.69 Å². The minimum atomic E-state index is 0.0437. The van der Waals surface area contributed by atoms with E-state index in [2.05, 4.69) is 35.3 Å². The van der Waals surface area contributed by atoms with Gasteiger partial charge in [-0.3, -0.25) is 9.69 Å². The molecule has 0 spiro atoms. The molecule has 1 fully saturated rings. The molecule has 2 aliphatic rings. The molecule has 0 saturated carbocycles. The van der Waals surface area contributed by atoms with Gasteiger partial charge in [-0.2, -0.15) is 0 Å². The van der Waals surface area contributed by atoms with E-state index in [0.717, 1.165) is 55.0 Å². The SMILES string of the molecule is CCc1ccccc1NC(=O)CN1CCC[C@H]1c1ccc2c(c1)OCCCO2. The Labute approximate surface area is 166 Å². The number of para-hydroxylation sites is 1. The molecule has 1 atom stereocenters. The average molecular weight is 380 g/mol. The number of nitrogens with zero attached hydrogens (tertiary/aromatic N) is 1. The molecule has 5 nitrogen and oxygen atoms in total. The highest BCUT2D eigenvalue weighted by atomic mass is 16.5. The van der Waals surface area contributed by atoms with Crippen molar-refractivity contribution in [2.45, 2.75) is 38.6 Å². The third-order valence-electron chi connectivity index (χ3n) is 5.54. The van der Waals surface area contributed by atoms with E-state index in [4.69, 9.17) is 9.47 Å². The van der Waals surface area contributed by atoms with Crippen molar-refractivity contribution in [1.82, 2.24) is 4.90 Å². The van der Waals surface area contributed by atoms with Crippen LogP contribution in [0.5, 0.6) is 11.5 Å². The fourth-order valence-corrected chi connectivity index (χ4v) is 4.10. The first-order valence-electron chi connectivity index (χ1n) is 10.3. The van der Waals surface area contributed by atoms with Gasteiger partial charge >= 0.3 is 0 Å². The number of hydrogen-bond donors (Lipinski definition) is 1. The number of nitrogens with one attached hydrogen (secondary N) is 1. The van der Waals surface area contributed by atoms with E-state index < -0.39 is 0 Å². The van der Waals surface area contributed by atoms with Crippen molar-refractivity contribution in [1.29, 1.82) is 0 Å². The Kier molecular flexibility index (Phi) is 5.81. The lowest BCUT2D eigenvalue weighted by atomic mass is 10.0. The molecule has 1 amide bonds. The topological polar surface area (TPSA) is 50.8 Å². The fourth-order valence-electron chi connectivity index (χ4n) is 4.10. The van der Waals surface area contributed by atoms with Crippen molar-refractivity contribution in [3.8, 4) is 11.5 Å². The smallest absolute Gasteiger partial charge is 0.238 e. The maximum Gasteiger partial charge on any atom is 0.238 e. The van der Waals surface area contributed by atoms with Crippen molar-refractivity contribution in [3.63, 3.8) is 0 Å². The number of rotatable bonds is 5. The molecule has 0 unspecified atom stereocenters. The first kappa shape index (κ1) is 18.8. The Balaban J connectivity index is 1.45. The van der Waals surface area contributed by atoms with Crippen LogP contribution in [0.15, 0.2) is 42.5 Å². The van der Waals surface area contributed by atoms with E-state index in [1.54, 1.807) is 0 Å². The Bertz CT molecular complexity index is 836. The molecule has 148 valence electrons. The number of likely N-dealkylation sites (tertiary alicyclic amines) is 1. The lowest BCUT2D eigenvalue weighted by Gasteiger charge is -2.25. The molecular weight excluding hydrogens is 352 g/mol. The molecular formula is C23H28N2O3. The first-order valence-corrected chi connectivity index (χ1v) is 10.3. The molecule has 2 aliphatic heterocycles. The molecule has 4 rings (SSSR count). The van der Waals surface area contributed by atoms with Crippen LogP contribution in [0.2, 0.25) is 0 Å². The van der Waals surface area contributed by atoms with E-state index in [9.17, 15) is 4.79 Å². The monoisotopic (exact) mass is 380 g/mol.